The van der Waals surface area contributed by atoms with Crippen molar-refractivity contribution in [2.45, 2.75) is 13.0 Å². The van der Waals surface area contributed by atoms with Crippen molar-refractivity contribution in [1.29, 1.82) is 0 Å². The molecular weight excluding hydrogens is 334 g/mol. The summed E-state index contributed by atoms with van der Waals surface area (Å²) in [5.41, 5.74) is 1.53. The summed E-state index contributed by atoms with van der Waals surface area (Å²) in [6.45, 7) is 0.505. The molecule has 0 atom stereocenters. The Morgan fingerprint density at radius 2 is 1.92 bits per heavy atom. The van der Waals surface area contributed by atoms with Crippen LogP contribution in [0.15, 0.2) is 48.5 Å². The number of phenolic OH excluding ortho intramolecular Hbond substituents is 1. The normalized spacial score (nSPS) is 9.58. The second kappa shape index (κ2) is 9.74. The molecule has 0 fully saturated rings. The number of alkyl carbamates (subject to hydrolysis) is 1. The molecular formula is C20H19NO5. The van der Waals surface area contributed by atoms with Crippen LogP contribution in [0.5, 0.6) is 5.75 Å². The van der Waals surface area contributed by atoms with Gasteiger partial charge in [-0.2, -0.15) is 0 Å². The summed E-state index contributed by atoms with van der Waals surface area (Å²) in [6.07, 6.45) is -0.159. The first-order valence-corrected chi connectivity index (χ1v) is 7.95. The van der Waals surface area contributed by atoms with Crippen molar-refractivity contribution in [3.63, 3.8) is 0 Å². The Labute approximate surface area is 151 Å². The highest BCUT2D eigenvalue weighted by molar-refractivity contribution is 5.90. The summed E-state index contributed by atoms with van der Waals surface area (Å²) in [7, 11) is 1.28. The van der Waals surface area contributed by atoms with Crippen molar-refractivity contribution >= 4 is 12.1 Å². The predicted octanol–water partition coefficient (Wildman–Crippen LogP) is 2.85. The molecule has 2 aromatic rings. The molecule has 2 aromatic carbocycles. The Morgan fingerprint density at radius 3 is 2.65 bits per heavy atom. The number of benzene rings is 2. The second-order valence-corrected chi connectivity index (χ2v) is 5.26. The van der Waals surface area contributed by atoms with Crippen LogP contribution in [0, 0.1) is 11.8 Å². The highest BCUT2D eigenvalue weighted by Crippen LogP contribution is 2.17. The third-order valence-electron chi connectivity index (χ3n) is 3.37. The number of nitrogens with one attached hydrogen (secondary N) is 1. The van der Waals surface area contributed by atoms with E-state index in [-0.39, 0.29) is 12.4 Å². The van der Waals surface area contributed by atoms with Gasteiger partial charge in [0.05, 0.1) is 18.2 Å². The monoisotopic (exact) mass is 353 g/mol. The molecule has 0 spiro atoms. The maximum absolute atomic E-state index is 11.6. The van der Waals surface area contributed by atoms with Gasteiger partial charge in [-0.1, -0.05) is 42.2 Å². The number of phenols is 1. The van der Waals surface area contributed by atoms with Gasteiger partial charge in [0.25, 0.3) is 0 Å². The number of carbonyl (C=O) groups is 2. The van der Waals surface area contributed by atoms with E-state index in [1.54, 1.807) is 0 Å². The summed E-state index contributed by atoms with van der Waals surface area (Å²) in [6, 6.07) is 13.7. The quantitative estimate of drug-likeness (QED) is 0.490. The molecule has 0 saturated heterocycles. The number of rotatable bonds is 5. The maximum Gasteiger partial charge on any atom is 0.407 e. The van der Waals surface area contributed by atoms with E-state index in [0.717, 1.165) is 5.56 Å². The largest absolute Gasteiger partial charge is 0.507 e. The van der Waals surface area contributed by atoms with Gasteiger partial charge in [0.2, 0.25) is 0 Å². The van der Waals surface area contributed by atoms with Crippen LogP contribution in [-0.4, -0.2) is 30.8 Å². The molecule has 1 amide bonds. The molecule has 0 radical (unpaired) electrons. The molecule has 0 aromatic heterocycles. The van der Waals surface area contributed by atoms with Gasteiger partial charge in [0.15, 0.2) is 0 Å². The molecule has 0 heterocycles. The van der Waals surface area contributed by atoms with Gasteiger partial charge in [0.1, 0.15) is 12.4 Å². The minimum absolute atomic E-state index is 0.0274. The number of ether oxygens (including phenoxy) is 2. The third-order valence-corrected chi connectivity index (χ3v) is 3.37. The highest BCUT2D eigenvalue weighted by atomic mass is 16.5. The van der Waals surface area contributed by atoms with E-state index >= 15 is 0 Å². The number of aromatic hydroxyl groups is 1. The van der Waals surface area contributed by atoms with Gasteiger partial charge in [0, 0.05) is 13.0 Å². The van der Waals surface area contributed by atoms with Gasteiger partial charge in [-0.05, 0) is 23.8 Å². The maximum atomic E-state index is 11.6. The van der Waals surface area contributed by atoms with Crippen molar-refractivity contribution in [3.05, 3.63) is 65.2 Å². The molecule has 134 valence electrons. The molecule has 0 unspecified atom stereocenters. The number of esters is 1. The van der Waals surface area contributed by atoms with E-state index in [4.69, 9.17) is 4.74 Å². The van der Waals surface area contributed by atoms with E-state index in [9.17, 15) is 14.7 Å². The van der Waals surface area contributed by atoms with Crippen LogP contribution in [0.2, 0.25) is 0 Å². The van der Waals surface area contributed by atoms with Crippen molar-refractivity contribution in [2.75, 3.05) is 13.7 Å². The lowest BCUT2D eigenvalue weighted by molar-refractivity contribution is 0.0600. The lowest BCUT2D eigenvalue weighted by Crippen LogP contribution is -2.24. The van der Waals surface area contributed by atoms with Crippen molar-refractivity contribution < 1.29 is 24.2 Å². The van der Waals surface area contributed by atoms with Crippen LogP contribution < -0.4 is 5.32 Å². The first kappa shape index (κ1) is 18.9. The van der Waals surface area contributed by atoms with Crippen molar-refractivity contribution in [1.82, 2.24) is 5.32 Å². The zero-order chi connectivity index (χ0) is 18.8. The minimum atomic E-state index is -0.522. The van der Waals surface area contributed by atoms with Crippen LogP contribution in [0.4, 0.5) is 4.79 Å². The Balaban J connectivity index is 1.78. The van der Waals surface area contributed by atoms with Crippen LogP contribution in [0.3, 0.4) is 0 Å². The number of hydrogen-bond acceptors (Lipinski definition) is 5. The molecule has 0 aliphatic rings. The van der Waals surface area contributed by atoms with E-state index in [1.165, 1.54) is 25.3 Å². The van der Waals surface area contributed by atoms with E-state index in [0.29, 0.717) is 24.1 Å². The average Bonchev–Trinajstić information content (AvgIpc) is 2.67. The van der Waals surface area contributed by atoms with Gasteiger partial charge in [-0.3, -0.25) is 0 Å². The molecule has 2 N–H and O–H groups in total. The zero-order valence-corrected chi connectivity index (χ0v) is 14.3. The zero-order valence-electron chi connectivity index (χ0n) is 14.3. The Morgan fingerprint density at radius 1 is 1.15 bits per heavy atom. The molecule has 6 nitrogen and oxygen atoms in total. The summed E-state index contributed by atoms with van der Waals surface area (Å²) >= 11 is 0. The van der Waals surface area contributed by atoms with Gasteiger partial charge in [-0.25, -0.2) is 9.59 Å². The average molecular weight is 353 g/mol. The first-order valence-electron chi connectivity index (χ1n) is 7.95. The van der Waals surface area contributed by atoms with E-state index < -0.39 is 12.1 Å². The predicted molar refractivity (Wildman–Crippen MR) is 95.6 cm³/mol. The van der Waals surface area contributed by atoms with Gasteiger partial charge < -0.3 is 19.9 Å². The first-order chi connectivity index (χ1) is 12.6. The van der Waals surface area contributed by atoms with Crippen LogP contribution >= 0.6 is 0 Å². The number of methoxy groups -OCH3 is 1. The fraction of sp³-hybridized carbons (Fsp3) is 0.200. The molecule has 26 heavy (non-hydrogen) atoms. The van der Waals surface area contributed by atoms with Gasteiger partial charge >= 0.3 is 12.1 Å². The van der Waals surface area contributed by atoms with E-state index in [2.05, 4.69) is 21.9 Å². The number of amides is 1. The molecule has 0 aliphatic heterocycles. The minimum Gasteiger partial charge on any atom is -0.507 e. The molecule has 0 bridgehead atoms. The molecule has 0 aliphatic carbocycles. The number of carbonyl (C=O) groups excluding carboxylic acids is 2. The molecule has 0 saturated carbocycles. The standard InChI is InChI=1S/C20H19NO5/c1-25-19(23)17-10-11-18(22)16(13-17)9-5-6-12-21-20(24)26-14-15-7-3-2-4-8-15/h2-4,7-8,10-11,13,22H,6,12,14H2,1H3,(H,21,24). The second-order valence-electron chi connectivity index (χ2n) is 5.26. The lowest BCUT2D eigenvalue weighted by Gasteiger charge is -2.05. The van der Waals surface area contributed by atoms with Crippen LogP contribution in [0.25, 0.3) is 0 Å². The van der Waals surface area contributed by atoms with Crippen molar-refractivity contribution in [2.24, 2.45) is 0 Å². The lowest BCUT2D eigenvalue weighted by atomic mass is 10.1. The SMILES string of the molecule is COC(=O)c1ccc(O)c(C#CCCNC(=O)OCc2ccccc2)c1. The molecule has 6 heteroatoms. The fourth-order valence-electron chi connectivity index (χ4n) is 2.04. The van der Waals surface area contributed by atoms with E-state index in [1.807, 2.05) is 30.3 Å². The summed E-state index contributed by atoms with van der Waals surface area (Å²) in [5.74, 6) is 5.06. The van der Waals surface area contributed by atoms with Gasteiger partial charge in [-0.15, -0.1) is 0 Å². The van der Waals surface area contributed by atoms with Crippen molar-refractivity contribution in [3.8, 4) is 17.6 Å². The third kappa shape index (κ3) is 5.87. The van der Waals surface area contributed by atoms with Crippen LogP contribution in [0.1, 0.15) is 27.9 Å². The summed E-state index contributed by atoms with van der Waals surface area (Å²) in [5, 5.41) is 12.4. The smallest absolute Gasteiger partial charge is 0.407 e. The Hall–Kier alpha value is -3.46. The summed E-state index contributed by atoms with van der Waals surface area (Å²) < 4.78 is 9.70. The van der Waals surface area contributed by atoms with Crippen LogP contribution in [-0.2, 0) is 16.1 Å². The number of hydrogen-bond donors (Lipinski definition) is 2. The Kier molecular flexibility index (Phi) is 7.07. The molecule has 2 rings (SSSR count). The Bertz CT molecular complexity index is 821. The highest BCUT2D eigenvalue weighted by Gasteiger charge is 2.07. The topological polar surface area (TPSA) is 84.9 Å². The summed E-state index contributed by atoms with van der Waals surface area (Å²) in [4.78, 5) is 23.1. The fourth-order valence-corrected chi connectivity index (χ4v) is 2.04.